The van der Waals surface area contributed by atoms with Crippen LogP contribution in [0.2, 0.25) is 0 Å². The van der Waals surface area contributed by atoms with E-state index in [9.17, 15) is 0 Å². The summed E-state index contributed by atoms with van der Waals surface area (Å²) in [4.78, 5) is 1.50. The van der Waals surface area contributed by atoms with Crippen molar-refractivity contribution in [2.75, 3.05) is 0 Å². The van der Waals surface area contributed by atoms with Gasteiger partial charge in [-0.1, -0.05) is 0 Å². The predicted molar refractivity (Wildman–Crippen MR) is 20.5 cm³/mol. The van der Waals surface area contributed by atoms with E-state index < -0.39 is 0 Å². The lowest BCUT2D eigenvalue weighted by atomic mass is 11.6. The highest BCUT2D eigenvalue weighted by Crippen LogP contribution is 1.29. The average Bonchev–Trinajstić information content (AvgIpc) is 1.39. The fraction of sp³-hybridized carbons (Fsp3) is 0. The molecule has 0 rings (SSSR count). The number of nitrogens with zero attached hydrogens (tertiary/aromatic N) is 3. The first-order valence-corrected chi connectivity index (χ1v) is 0.900. The van der Waals surface area contributed by atoms with Gasteiger partial charge in [0, 0.05) is 0 Å². The van der Waals surface area contributed by atoms with Gasteiger partial charge < -0.3 is 11.1 Å². The van der Waals surface area contributed by atoms with Gasteiger partial charge in [-0.15, -0.1) is 0 Å². The van der Waals surface area contributed by atoms with Gasteiger partial charge in [-0.2, -0.15) is 0 Å². The largest absolute Gasteiger partial charge is 0.373 e. The Morgan fingerprint density at radius 1 is 1.33 bits per heavy atom. The summed E-state index contributed by atoms with van der Waals surface area (Å²) in [6.07, 6.45) is 0. The quantitative estimate of drug-likeness (QED) is 0.190. The molecule has 0 atom stereocenters. The van der Waals surface area contributed by atoms with Crippen LogP contribution in [0.5, 0.6) is 0 Å². The van der Waals surface area contributed by atoms with Gasteiger partial charge >= 0.3 is 0 Å². The van der Waals surface area contributed by atoms with Gasteiger partial charge in [-0.05, 0) is 0 Å². The monoisotopic (exact) mass is 84.0 g/mol. The Balaban J connectivity index is 0. The van der Waals surface area contributed by atoms with E-state index in [-0.39, 0.29) is 0 Å². The summed E-state index contributed by atoms with van der Waals surface area (Å²) in [5.41, 5.74) is 13.5. The second kappa shape index (κ2) is 56.1. The molecule has 0 bridgehead atoms. The van der Waals surface area contributed by atoms with Gasteiger partial charge in [-0.25, -0.2) is 10.8 Å². The lowest BCUT2D eigenvalue weighted by Crippen LogP contribution is -1.11. The minimum absolute atomic E-state index is 1.25. The Bertz CT molecular complexity index is 57.9. The van der Waals surface area contributed by atoms with Gasteiger partial charge in [-0.3, -0.25) is 4.91 Å². The Kier molecular flexibility index (Phi) is 82.5. The smallest absolute Gasteiger partial charge is 0.0831 e. The molecular weight excluding hydrogens is 82.0 g/mol. The molecule has 0 heterocycles. The first-order chi connectivity index (χ1) is 2.83. The number of hydrogen-bond donors (Lipinski definition) is 2. The molecule has 0 aromatic rings. The van der Waals surface area contributed by atoms with Gasteiger partial charge in [0.25, 0.3) is 0 Å². The van der Waals surface area contributed by atoms with Crippen LogP contribution in [0.3, 0.4) is 0 Å². The molecule has 6 heavy (non-hydrogen) atoms. The molecule has 0 fully saturated rings. The van der Waals surface area contributed by atoms with E-state index in [1.165, 1.54) is 10.9 Å². The van der Waals surface area contributed by atoms with E-state index in [1.54, 1.807) is 0 Å². The summed E-state index contributed by atoms with van der Waals surface area (Å²) in [7, 11) is 0. The van der Waals surface area contributed by atoms with Gasteiger partial charge in [0.15, 0.2) is 0 Å². The highest BCUT2D eigenvalue weighted by Gasteiger charge is 0.934. The zero-order valence-electron chi connectivity index (χ0n) is 2.84. The molecule has 0 unspecified atom stereocenters. The minimum atomic E-state index is 1.25. The topological polar surface area (TPSA) is 106 Å². The van der Waals surface area contributed by atoms with Crippen molar-refractivity contribution in [1.82, 2.24) is 0 Å². The maximum Gasteiger partial charge on any atom is 0.0831 e. The Morgan fingerprint density at radius 3 is 1.33 bits per heavy atom. The maximum absolute atomic E-state index is 6.75. The van der Waals surface area contributed by atoms with Crippen molar-refractivity contribution >= 4 is 6.01 Å². The molecule has 0 amide bonds. The standard InChI is InChI=1S/CH2N2.N3/c2-1-3;1-3-2/h2-3H;/q;-1. The molecule has 0 aromatic carbocycles. The van der Waals surface area contributed by atoms with Crippen LogP contribution in [0.15, 0.2) is 0 Å². The van der Waals surface area contributed by atoms with Gasteiger partial charge in [0.1, 0.15) is 0 Å². The van der Waals surface area contributed by atoms with E-state index in [0.717, 1.165) is 0 Å². The number of hydrogen-bond acceptors (Lipinski definition) is 2. The highest BCUT2D eigenvalue weighted by atomic mass is 15.0. The average molecular weight is 84.1 g/mol. The summed E-state index contributed by atoms with van der Waals surface area (Å²) >= 11 is 0. The van der Waals surface area contributed by atoms with Crippen molar-refractivity contribution in [1.29, 1.82) is 10.8 Å². The molecule has 0 aliphatic rings. The molecule has 0 saturated heterocycles. The van der Waals surface area contributed by atoms with Crippen LogP contribution in [0, 0.1) is 10.8 Å². The summed E-state index contributed by atoms with van der Waals surface area (Å²) < 4.78 is 0. The van der Waals surface area contributed by atoms with Crippen molar-refractivity contribution < 1.29 is 0 Å². The number of nitrogens with one attached hydrogen (secondary N) is 2. The van der Waals surface area contributed by atoms with Crippen LogP contribution < -0.4 is 0 Å². The van der Waals surface area contributed by atoms with E-state index >= 15 is 0 Å². The fourth-order valence-electron chi connectivity index (χ4n) is 0. The van der Waals surface area contributed by atoms with E-state index in [1.807, 2.05) is 0 Å². The Morgan fingerprint density at radius 2 is 1.33 bits per heavy atom. The van der Waals surface area contributed by atoms with Crippen LogP contribution >= 0.6 is 0 Å². The Labute approximate surface area is 34.0 Å². The molecule has 0 spiro atoms. The summed E-state index contributed by atoms with van der Waals surface area (Å²) in [5.74, 6) is 0. The maximum atomic E-state index is 6.75. The van der Waals surface area contributed by atoms with Crippen molar-refractivity contribution in [3.05, 3.63) is 16.0 Å². The van der Waals surface area contributed by atoms with Crippen LogP contribution in [-0.4, -0.2) is 6.01 Å². The third-order valence-electron chi connectivity index (χ3n) is 0. The number of rotatable bonds is 0. The second-order valence-electron chi connectivity index (χ2n) is 0.214. The summed E-state index contributed by atoms with van der Waals surface area (Å²) in [6, 6.07) is 1.25. The molecule has 5 nitrogen and oxygen atoms in total. The SMILES string of the molecule is N=C=N.[N-]=[N+]=[N-]. The third-order valence-corrected chi connectivity index (χ3v) is 0. The minimum Gasteiger partial charge on any atom is -0.373 e. The first kappa shape index (κ1) is 8.83. The van der Waals surface area contributed by atoms with E-state index in [2.05, 4.69) is 0 Å². The van der Waals surface area contributed by atoms with E-state index in [4.69, 9.17) is 21.9 Å². The van der Waals surface area contributed by atoms with Crippen molar-refractivity contribution in [3.8, 4) is 0 Å². The lowest BCUT2D eigenvalue weighted by Gasteiger charge is -1.31. The molecule has 0 aromatic heterocycles. The summed E-state index contributed by atoms with van der Waals surface area (Å²) in [5, 5.41) is 11.2. The lowest BCUT2D eigenvalue weighted by molar-refractivity contribution is 1.47. The Hall–Kier alpha value is -1.31. The van der Waals surface area contributed by atoms with Crippen LogP contribution in [-0.2, 0) is 0 Å². The van der Waals surface area contributed by atoms with Crippen molar-refractivity contribution in [2.24, 2.45) is 0 Å². The predicted octanol–water partition coefficient (Wildman–Crippen LogP) is 1.18. The van der Waals surface area contributed by atoms with Crippen LogP contribution in [0.25, 0.3) is 16.0 Å². The molecule has 0 saturated carbocycles. The molecule has 0 aliphatic heterocycles. The third kappa shape index (κ3) is 4.48. The summed E-state index contributed by atoms with van der Waals surface area (Å²) in [6.45, 7) is 0. The first-order valence-electron chi connectivity index (χ1n) is 0.900. The molecule has 2 N–H and O–H groups in total. The second-order valence-corrected chi connectivity index (χ2v) is 0.214. The zero-order valence-corrected chi connectivity index (χ0v) is 2.84. The molecule has 0 radical (unpaired) electrons. The highest BCUT2D eigenvalue weighted by molar-refractivity contribution is 5.29. The zero-order chi connectivity index (χ0) is 5.41. The van der Waals surface area contributed by atoms with Crippen molar-refractivity contribution in [3.63, 3.8) is 0 Å². The molecule has 0 aliphatic carbocycles. The van der Waals surface area contributed by atoms with Gasteiger partial charge in [0.2, 0.25) is 0 Å². The van der Waals surface area contributed by atoms with Crippen LogP contribution in [0.1, 0.15) is 0 Å². The molecule has 32 valence electrons. The molecular formula is CH2N5-. The van der Waals surface area contributed by atoms with Crippen LogP contribution in [0.4, 0.5) is 0 Å². The fourth-order valence-corrected chi connectivity index (χ4v) is 0. The van der Waals surface area contributed by atoms with Gasteiger partial charge in [0.05, 0.1) is 6.01 Å². The normalized spacial score (nSPS) is 2.67. The van der Waals surface area contributed by atoms with E-state index in [0.29, 0.717) is 0 Å². The molecule has 5 heteroatoms. The van der Waals surface area contributed by atoms with Crippen molar-refractivity contribution in [2.45, 2.75) is 0 Å².